The fourth-order valence-corrected chi connectivity index (χ4v) is 1.96. The highest BCUT2D eigenvalue weighted by Crippen LogP contribution is 1.93. The molecule has 0 aliphatic carbocycles. The first-order chi connectivity index (χ1) is 4.81. The Morgan fingerprint density at radius 3 is 2.40 bits per heavy atom. The molecule has 2 N–H and O–H groups in total. The summed E-state index contributed by atoms with van der Waals surface area (Å²) in [6.45, 7) is 2.78. The van der Waals surface area contributed by atoms with Crippen LogP contribution in [0.3, 0.4) is 0 Å². The van der Waals surface area contributed by atoms with Crippen molar-refractivity contribution in [3.63, 3.8) is 0 Å². The molecule has 1 unspecified atom stereocenters. The molecule has 2 nitrogen and oxygen atoms in total. The van der Waals surface area contributed by atoms with Crippen molar-refractivity contribution in [1.29, 1.82) is 0 Å². The van der Waals surface area contributed by atoms with Crippen LogP contribution in [0.25, 0.3) is 0 Å². The molecular formula is C7H17NOS. The number of rotatable bonds is 6. The Labute approximate surface area is 65.6 Å². The van der Waals surface area contributed by atoms with Gasteiger partial charge in [0.2, 0.25) is 0 Å². The highest BCUT2D eigenvalue weighted by atomic mass is 32.2. The van der Waals surface area contributed by atoms with E-state index in [-0.39, 0.29) is 0 Å². The van der Waals surface area contributed by atoms with Gasteiger partial charge < -0.3 is 5.73 Å². The summed E-state index contributed by atoms with van der Waals surface area (Å²) in [6, 6.07) is 0. The summed E-state index contributed by atoms with van der Waals surface area (Å²) in [5.74, 6) is 1.65. The first-order valence-electron chi connectivity index (χ1n) is 3.86. The molecule has 0 heterocycles. The molecular weight excluding hydrogens is 146 g/mol. The molecule has 0 aromatic carbocycles. The molecule has 0 aromatic heterocycles. The second-order valence-electron chi connectivity index (χ2n) is 2.34. The van der Waals surface area contributed by atoms with E-state index in [1.54, 1.807) is 0 Å². The van der Waals surface area contributed by atoms with Crippen molar-refractivity contribution in [3.05, 3.63) is 0 Å². The smallest absolute Gasteiger partial charge is 0.0246 e. The molecule has 0 rings (SSSR count). The van der Waals surface area contributed by atoms with Crippen molar-refractivity contribution in [1.82, 2.24) is 0 Å². The van der Waals surface area contributed by atoms with Gasteiger partial charge in [0.15, 0.2) is 0 Å². The van der Waals surface area contributed by atoms with Crippen LogP contribution in [0, 0.1) is 0 Å². The van der Waals surface area contributed by atoms with Gasteiger partial charge >= 0.3 is 0 Å². The molecule has 0 spiro atoms. The van der Waals surface area contributed by atoms with Crippen molar-refractivity contribution in [3.8, 4) is 0 Å². The van der Waals surface area contributed by atoms with Crippen molar-refractivity contribution < 1.29 is 4.21 Å². The highest BCUT2D eigenvalue weighted by Gasteiger charge is 1.96. The highest BCUT2D eigenvalue weighted by molar-refractivity contribution is 7.84. The third-order valence-corrected chi connectivity index (χ3v) is 2.79. The van der Waals surface area contributed by atoms with Crippen LogP contribution in [0.5, 0.6) is 0 Å². The van der Waals surface area contributed by atoms with Crippen LogP contribution in [-0.4, -0.2) is 22.3 Å². The normalized spacial score (nSPS) is 13.4. The summed E-state index contributed by atoms with van der Waals surface area (Å²) < 4.78 is 11.0. The van der Waals surface area contributed by atoms with E-state index >= 15 is 0 Å². The summed E-state index contributed by atoms with van der Waals surface area (Å²) in [4.78, 5) is 0. The van der Waals surface area contributed by atoms with Gasteiger partial charge in [-0.1, -0.05) is 13.3 Å². The van der Waals surface area contributed by atoms with E-state index in [1.165, 1.54) is 0 Å². The fourth-order valence-electron chi connectivity index (χ4n) is 0.652. The minimum atomic E-state index is -0.600. The molecule has 0 fully saturated rings. The molecule has 0 amide bonds. The SMILES string of the molecule is CCCCS(=O)CCCN. The average molecular weight is 163 g/mol. The lowest BCUT2D eigenvalue weighted by atomic mass is 10.4. The lowest BCUT2D eigenvalue weighted by Crippen LogP contribution is -2.08. The van der Waals surface area contributed by atoms with Crippen molar-refractivity contribution in [2.45, 2.75) is 26.2 Å². The van der Waals surface area contributed by atoms with Crippen LogP contribution in [0.15, 0.2) is 0 Å². The van der Waals surface area contributed by atoms with Gasteiger partial charge in [-0.05, 0) is 19.4 Å². The van der Waals surface area contributed by atoms with Crippen LogP contribution in [0.2, 0.25) is 0 Å². The maximum absolute atomic E-state index is 11.0. The zero-order valence-electron chi connectivity index (χ0n) is 6.64. The first kappa shape index (κ1) is 10.1. The van der Waals surface area contributed by atoms with E-state index in [1.807, 2.05) is 0 Å². The Morgan fingerprint density at radius 1 is 1.30 bits per heavy atom. The van der Waals surface area contributed by atoms with Crippen molar-refractivity contribution in [2.75, 3.05) is 18.1 Å². The van der Waals surface area contributed by atoms with Gasteiger partial charge in [-0.15, -0.1) is 0 Å². The summed E-state index contributed by atoms with van der Waals surface area (Å²) >= 11 is 0. The van der Waals surface area contributed by atoms with Gasteiger partial charge in [0.05, 0.1) is 0 Å². The minimum absolute atomic E-state index is 0.600. The largest absolute Gasteiger partial charge is 0.330 e. The quantitative estimate of drug-likeness (QED) is 0.632. The Balaban J connectivity index is 3.09. The third-order valence-electron chi connectivity index (χ3n) is 1.30. The van der Waals surface area contributed by atoms with Crippen LogP contribution >= 0.6 is 0 Å². The molecule has 0 saturated carbocycles. The van der Waals surface area contributed by atoms with Gasteiger partial charge in [0.1, 0.15) is 0 Å². The Kier molecular flexibility index (Phi) is 7.30. The fraction of sp³-hybridized carbons (Fsp3) is 1.00. The zero-order chi connectivity index (χ0) is 7.82. The Morgan fingerprint density at radius 2 is 1.90 bits per heavy atom. The van der Waals surface area contributed by atoms with Crippen molar-refractivity contribution >= 4 is 10.8 Å². The van der Waals surface area contributed by atoms with Gasteiger partial charge in [-0.25, -0.2) is 0 Å². The third kappa shape index (κ3) is 6.23. The molecule has 0 radical (unpaired) electrons. The molecule has 10 heavy (non-hydrogen) atoms. The molecule has 0 aliphatic rings. The lowest BCUT2D eigenvalue weighted by Gasteiger charge is -1.97. The van der Waals surface area contributed by atoms with E-state index in [4.69, 9.17) is 5.73 Å². The summed E-state index contributed by atoms with van der Waals surface area (Å²) in [6.07, 6.45) is 3.11. The molecule has 0 saturated heterocycles. The average Bonchev–Trinajstić information content (AvgIpc) is 1.97. The van der Waals surface area contributed by atoms with Crippen LogP contribution in [0.1, 0.15) is 26.2 Å². The molecule has 62 valence electrons. The van der Waals surface area contributed by atoms with E-state index in [0.29, 0.717) is 6.54 Å². The standard InChI is InChI=1S/C7H17NOS/c1-2-3-6-10(9)7-4-5-8/h2-8H2,1H3. The maximum Gasteiger partial charge on any atom is 0.0246 e. The molecule has 3 heteroatoms. The lowest BCUT2D eigenvalue weighted by molar-refractivity contribution is 0.677. The van der Waals surface area contributed by atoms with Crippen molar-refractivity contribution in [2.24, 2.45) is 5.73 Å². The molecule has 0 bridgehead atoms. The van der Waals surface area contributed by atoms with Crippen LogP contribution < -0.4 is 5.73 Å². The molecule has 0 aromatic rings. The predicted octanol–water partition coefficient (Wildman–Crippen LogP) is 0.884. The topological polar surface area (TPSA) is 43.1 Å². The first-order valence-corrected chi connectivity index (χ1v) is 5.35. The number of hydrogen-bond acceptors (Lipinski definition) is 2. The number of unbranched alkanes of at least 4 members (excludes halogenated alkanes) is 1. The van der Waals surface area contributed by atoms with Crippen LogP contribution in [0.4, 0.5) is 0 Å². The van der Waals surface area contributed by atoms with Gasteiger partial charge in [0.25, 0.3) is 0 Å². The Bertz CT molecular complexity index is 85.6. The van der Waals surface area contributed by atoms with Gasteiger partial charge in [0, 0.05) is 22.3 Å². The monoisotopic (exact) mass is 163 g/mol. The zero-order valence-corrected chi connectivity index (χ0v) is 7.45. The summed E-state index contributed by atoms with van der Waals surface area (Å²) in [5, 5.41) is 0. The number of hydrogen-bond donors (Lipinski definition) is 1. The molecule has 1 atom stereocenters. The Hall–Kier alpha value is 0.110. The summed E-state index contributed by atoms with van der Waals surface area (Å²) in [7, 11) is -0.600. The second-order valence-corrected chi connectivity index (χ2v) is 4.04. The van der Waals surface area contributed by atoms with E-state index in [2.05, 4.69) is 6.92 Å². The second kappa shape index (κ2) is 7.22. The van der Waals surface area contributed by atoms with E-state index in [9.17, 15) is 4.21 Å². The predicted molar refractivity (Wildman–Crippen MR) is 46.5 cm³/mol. The molecule has 0 aliphatic heterocycles. The summed E-state index contributed by atoms with van der Waals surface area (Å²) in [5.41, 5.74) is 5.27. The van der Waals surface area contributed by atoms with Gasteiger partial charge in [-0.3, -0.25) is 4.21 Å². The van der Waals surface area contributed by atoms with Gasteiger partial charge in [-0.2, -0.15) is 0 Å². The number of nitrogens with two attached hydrogens (primary N) is 1. The van der Waals surface area contributed by atoms with E-state index in [0.717, 1.165) is 30.8 Å². The minimum Gasteiger partial charge on any atom is -0.330 e. The van der Waals surface area contributed by atoms with E-state index < -0.39 is 10.8 Å². The van der Waals surface area contributed by atoms with Crippen LogP contribution in [-0.2, 0) is 10.8 Å². The maximum atomic E-state index is 11.0.